The van der Waals surface area contributed by atoms with Crippen molar-refractivity contribution in [3.05, 3.63) is 473 Å². The average molecular weight is 1560 g/mol. The molecule has 0 amide bonds. The zero-order valence-electron chi connectivity index (χ0n) is 66.2. The summed E-state index contributed by atoms with van der Waals surface area (Å²) >= 11 is 0. The van der Waals surface area contributed by atoms with Crippen molar-refractivity contribution < 1.29 is 0 Å². The van der Waals surface area contributed by atoms with E-state index in [9.17, 15) is 5.26 Å². The first-order chi connectivity index (χ1) is 59.9. The molecule has 0 aliphatic carbocycles. The molecule has 4 heterocycles. The van der Waals surface area contributed by atoms with Crippen LogP contribution in [0.4, 0.5) is 0 Å². The van der Waals surface area contributed by atoms with E-state index in [4.69, 9.17) is 0 Å². The molecule has 566 valence electrons. The Balaban J connectivity index is 0.000000151. The first kappa shape index (κ1) is 71.6. The van der Waals surface area contributed by atoms with Crippen LogP contribution in [-0.4, -0.2) is 26.3 Å². The summed E-state index contributed by atoms with van der Waals surface area (Å²) in [5, 5.41) is 24.9. The molecule has 0 atom stereocenters. The summed E-state index contributed by atoms with van der Waals surface area (Å²) in [5.41, 5.74) is 28.6. The van der Waals surface area contributed by atoms with Crippen LogP contribution >= 0.6 is 0 Å². The highest BCUT2D eigenvalue weighted by Gasteiger charge is 2.42. The Morgan fingerprint density at radius 3 is 0.727 bits per heavy atom. The fourth-order valence-electron chi connectivity index (χ4n) is 19.0. The predicted octanol–water partition coefficient (Wildman–Crippen LogP) is 27.0. The van der Waals surface area contributed by atoms with E-state index in [0.29, 0.717) is 5.56 Å². The molecule has 121 heavy (non-hydrogen) atoms. The number of nitriles is 1. The fraction of sp³-hybridized carbons (Fsp3) is 0. The molecule has 0 radical (unpaired) electrons. The second-order valence-electron chi connectivity index (χ2n) is 31.4. The number of fused-ring (bicyclic) bond motifs is 12. The predicted molar refractivity (Wildman–Crippen MR) is 511 cm³/mol. The smallest absolute Gasteiger partial charge is 0.179 e. The van der Waals surface area contributed by atoms with Crippen LogP contribution in [0.1, 0.15) is 5.56 Å². The van der Waals surface area contributed by atoms with E-state index >= 15 is 0 Å². The average Bonchev–Trinajstić information content (AvgIpc) is 1.61. The molecule has 0 fully saturated rings. The lowest BCUT2D eigenvalue weighted by Crippen LogP contribution is -2.74. The molecule has 4 aromatic heterocycles. The standard InChI is InChI=1S/C66H46N2Si.C49H31N3/c1-6-20-47(21-7-1)49-24-18-26-53(42-49)67-63-35-17-16-34-59(63)61-44-51(36-40-64(61)67)52-37-41-65-62(45-52)60-39-38-58(46-66(60)68(65)54-27-19-25-50(43-54)48-22-8-2-9-23-48)69(55-28-10-3-11-29-55,56-30-12-4-13-31-56)57-32-14-5-15-33-57;50-32-33-21-24-43-45-31-39(23-26-48(45)52(49(43)27-33)41-18-10-16-37(29-41)35-13-5-2-6-14-35)38-22-25-47-44(30-38)42-19-7-8-20-46(42)51(47)40-17-9-15-36(28-40)34-11-3-1-4-12-34/h1-46H;1-31H. The minimum absolute atomic E-state index is 0.646. The molecule has 19 aromatic carbocycles. The largest absolute Gasteiger partial charge is 0.309 e. The molecule has 23 rings (SSSR count). The van der Waals surface area contributed by atoms with Crippen LogP contribution in [0.2, 0.25) is 0 Å². The van der Waals surface area contributed by atoms with Gasteiger partial charge in [-0.3, -0.25) is 0 Å². The van der Waals surface area contributed by atoms with Crippen molar-refractivity contribution >= 4 is 116 Å². The Bertz CT molecular complexity index is 7840. The summed E-state index contributed by atoms with van der Waals surface area (Å²) < 4.78 is 9.60. The lowest BCUT2D eigenvalue weighted by atomic mass is 10.0. The Morgan fingerprint density at radius 2 is 0.405 bits per heavy atom. The van der Waals surface area contributed by atoms with Crippen molar-refractivity contribution in [3.63, 3.8) is 0 Å². The normalized spacial score (nSPS) is 11.6. The number of hydrogen-bond donors (Lipinski definition) is 0. The second kappa shape index (κ2) is 30.3. The van der Waals surface area contributed by atoms with Crippen molar-refractivity contribution in [1.82, 2.24) is 18.3 Å². The summed E-state index contributed by atoms with van der Waals surface area (Å²) in [6, 6.07) is 173. The monoisotopic (exact) mass is 1560 g/mol. The highest BCUT2D eigenvalue weighted by atomic mass is 28.3. The number of benzene rings is 19. The van der Waals surface area contributed by atoms with Gasteiger partial charge in [-0.25, -0.2) is 0 Å². The van der Waals surface area contributed by atoms with Crippen LogP contribution in [0.25, 0.3) is 177 Å². The first-order valence-corrected chi connectivity index (χ1v) is 43.4. The maximum Gasteiger partial charge on any atom is 0.179 e. The molecule has 0 bridgehead atoms. The van der Waals surface area contributed by atoms with E-state index in [1.165, 1.54) is 136 Å². The second-order valence-corrected chi connectivity index (χ2v) is 35.2. The van der Waals surface area contributed by atoms with Crippen molar-refractivity contribution in [2.24, 2.45) is 0 Å². The number of nitrogens with zero attached hydrogens (tertiary/aromatic N) is 5. The molecule has 0 N–H and O–H groups in total. The summed E-state index contributed by atoms with van der Waals surface area (Å²) in [5.74, 6) is 0. The molecule has 5 nitrogen and oxygen atoms in total. The van der Waals surface area contributed by atoms with Crippen LogP contribution in [0.5, 0.6) is 0 Å². The molecule has 23 aromatic rings. The maximum absolute atomic E-state index is 9.86. The molecular weight excluding hydrogens is 1480 g/mol. The third-order valence-corrected chi connectivity index (χ3v) is 29.3. The molecule has 0 aliphatic heterocycles. The Labute approximate surface area is 703 Å². The highest BCUT2D eigenvalue weighted by molar-refractivity contribution is 7.20. The number of aromatic nitrogens is 4. The Kier molecular flexibility index (Phi) is 17.9. The van der Waals surface area contributed by atoms with Gasteiger partial charge in [-0.15, -0.1) is 0 Å². The van der Waals surface area contributed by atoms with Gasteiger partial charge in [-0.2, -0.15) is 5.26 Å². The van der Waals surface area contributed by atoms with Gasteiger partial charge in [-0.05, 0) is 215 Å². The summed E-state index contributed by atoms with van der Waals surface area (Å²) in [6.45, 7) is 0. The van der Waals surface area contributed by atoms with E-state index < -0.39 is 8.07 Å². The number of para-hydroxylation sites is 2. The quantitative estimate of drug-likeness (QED) is 0.0790. The van der Waals surface area contributed by atoms with Crippen molar-refractivity contribution in [2.75, 3.05) is 0 Å². The number of rotatable bonds is 14. The zero-order valence-corrected chi connectivity index (χ0v) is 67.2. The molecule has 0 aliphatic rings. The summed E-state index contributed by atoms with van der Waals surface area (Å²) in [6.07, 6.45) is 0. The van der Waals surface area contributed by atoms with E-state index in [1.807, 2.05) is 18.2 Å². The summed E-state index contributed by atoms with van der Waals surface area (Å²) in [4.78, 5) is 0. The fourth-order valence-corrected chi connectivity index (χ4v) is 23.8. The molecular formula is C115H77N5Si. The zero-order chi connectivity index (χ0) is 80.3. The molecule has 6 heteroatoms. The summed E-state index contributed by atoms with van der Waals surface area (Å²) in [7, 11) is -2.82. The number of hydrogen-bond acceptors (Lipinski definition) is 1. The van der Waals surface area contributed by atoms with Gasteiger partial charge < -0.3 is 18.3 Å². The molecule has 0 saturated heterocycles. The maximum atomic E-state index is 9.86. The Morgan fingerprint density at radius 1 is 0.157 bits per heavy atom. The van der Waals surface area contributed by atoms with Crippen molar-refractivity contribution in [2.45, 2.75) is 0 Å². The minimum Gasteiger partial charge on any atom is -0.309 e. The van der Waals surface area contributed by atoms with Gasteiger partial charge in [0.25, 0.3) is 0 Å². The Hall–Kier alpha value is -15.9. The minimum atomic E-state index is -2.82. The van der Waals surface area contributed by atoms with Gasteiger partial charge in [0.15, 0.2) is 8.07 Å². The van der Waals surface area contributed by atoms with E-state index in [2.05, 4.69) is 473 Å². The van der Waals surface area contributed by atoms with Gasteiger partial charge in [0.1, 0.15) is 0 Å². The van der Waals surface area contributed by atoms with Gasteiger partial charge in [0, 0.05) is 65.8 Å². The third kappa shape index (κ3) is 12.5. The van der Waals surface area contributed by atoms with Crippen molar-refractivity contribution in [1.29, 1.82) is 5.26 Å². The van der Waals surface area contributed by atoms with E-state index in [0.717, 1.165) is 61.2 Å². The van der Waals surface area contributed by atoms with Crippen LogP contribution in [-0.2, 0) is 0 Å². The van der Waals surface area contributed by atoms with Gasteiger partial charge in [-0.1, -0.05) is 340 Å². The SMILES string of the molecule is N#Cc1ccc2c3cc(-c4ccc5c(c4)c4ccccc4n5-c4cccc(-c5ccccc5)c4)ccc3n(-c3cccc(-c4ccccc4)c3)c2c1.c1ccc(-c2cccc(-n3c4ccccc4c4cc(-c5ccc6c(c5)c5ccc([Si](c7ccccc7)(c7ccccc7)c7ccccc7)cc5n6-c5cccc(-c6ccccc6)c5)ccc43)c2)cc1. The topological polar surface area (TPSA) is 43.5 Å². The van der Waals surface area contributed by atoms with Crippen LogP contribution in [0.15, 0.2) is 467 Å². The van der Waals surface area contributed by atoms with Crippen LogP contribution < -0.4 is 20.7 Å². The van der Waals surface area contributed by atoms with Gasteiger partial charge in [0.2, 0.25) is 0 Å². The van der Waals surface area contributed by atoms with Crippen LogP contribution in [0, 0.1) is 11.3 Å². The third-order valence-electron chi connectivity index (χ3n) is 24.6. The van der Waals surface area contributed by atoms with E-state index in [-0.39, 0.29) is 0 Å². The van der Waals surface area contributed by atoms with Gasteiger partial charge in [0.05, 0.1) is 55.8 Å². The molecule has 0 spiro atoms. The van der Waals surface area contributed by atoms with E-state index in [1.54, 1.807) is 0 Å². The van der Waals surface area contributed by atoms with Crippen LogP contribution in [0.3, 0.4) is 0 Å². The lowest BCUT2D eigenvalue weighted by molar-refractivity contribution is 1.18. The molecule has 0 unspecified atom stereocenters. The highest BCUT2D eigenvalue weighted by Crippen LogP contribution is 2.43. The first-order valence-electron chi connectivity index (χ1n) is 41.4. The molecule has 0 saturated carbocycles. The van der Waals surface area contributed by atoms with Crippen molar-refractivity contribution in [3.8, 4) is 95.6 Å². The van der Waals surface area contributed by atoms with Gasteiger partial charge >= 0.3 is 0 Å². The lowest BCUT2D eigenvalue weighted by Gasteiger charge is -2.34.